The zero-order valence-corrected chi connectivity index (χ0v) is 15.1. The normalized spacial score (nSPS) is 12.9. The molecular weight excluding hydrogens is 384 g/mol. The summed E-state index contributed by atoms with van der Waals surface area (Å²) in [5, 5.41) is 0.486. The van der Waals surface area contributed by atoms with Gasteiger partial charge < -0.3 is 4.57 Å². The highest BCUT2D eigenvalue weighted by Gasteiger charge is 2.27. The number of rotatable bonds is 5. The highest BCUT2D eigenvalue weighted by Crippen LogP contribution is 2.25. The average Bonchev–Trinajstić information content (AvgIpc) is 2.99. The smallest absolute Gasteiger partial charge is 0.244 e. The molecule has 0 saturated heterocycles. The molecule has 0 aliphatic carbocycles. The lowest BCUT2D eigenvalue weighted by molar-refractivity contribution is 0.535. The predicted molar refractivity (Wildman–Crippen MR) is 93.2 cm³/mol. The number of imidazole rings is 1. The molecule has 3 aromatic rings. The van der Waals surface area contributed by atoms with Gasteiger partial charge in [-0.2, -0.15) is 4.72 Å². The molecule has 0 spiro atoms. The number of hydrogen-bond donors (Lipinski definition) is 1. The van der Waals surface area contributed by atoms with Crippen LogP contribution in [0.4, 0.5) is 8.78 Å². The fraction of sp³-hybridized carbons (Fsp3) is 0.118. The zero-order chi connectivity index (χ0) is 18.9. The maximum Gasteiger partial charge on any atom is 0.244 e. The van der Waals surface area contributed by atoms with Crippen LogP contribution in [-0.4, -0.2) is 18.0 Å². The molecule has 1 unspecified atom stereocenters. The van der Waals surface area contributed by atoms with E-state index < -0.39 is 32.6 Å². The first-order valence-electron chi connectivity index (χ1n) is 7.48. The summed E-state index contributed by atoms with van der Waals surface area (Å²) in [6.45, 7) is 0. The second-order valence-electron chi connectivity index (χ2n) is 5.58. The fourth-order valence-electron chi connectivity index (χ4n) is 2.49. The summed E-state index contributed by atoms with van der Waals surface area (Å²) in [5.74, 6) is -1.63. The zero-order valence-electron chi connectivity index (χ0n) is 13.5. The molecule has 0 radical (unpaired) electrons. The summed E-state index contributed by atoms with van der Waals surface area (Å²) in [6, 6.07) is 7.91. The Morgan fingerprint density at radius 3 is 2.42 bits per heavy atom. The lowest BCUT2D eigenvalue weighted by Crippen LogP contribution is -2.31. The van der Waals surface area contributed by atoms with Crippen molar-refractivity contribution in [2.45, 2.75) is 10.9 Å². The van der Waals surface area contributed by atoms with Crippen molar-refractivity contribution in [2.24, 2.45) is 7.05 Å². The highest BCUT2D eigenvalue weighted by molar-refractivity contribution is 7.89. The molecule has 0 saturated carbocycles. The second-order valence-corrected chi connectivity index (χ2v) is 7.70. The molecule has 3 rings (SSSR count). The van der Waals surface area contributed by atoms with Gasteiger partial charge in [0.25, 0.3) is 0 Å². The molecule has 0 amide bonds. The molecule has 0 bridgehead atoms. The molecule has 1 aromatic heterocycles. The monoisotopic (exact) mass is 397 g/mol. The van der Waals surface area contributed by atoms with Crippen molar-refractivity contribution in [1.29, 1.82) is 0 Å². The number of hydrogen-bond acceptors (Lipinski definition) is 3. The predicted octanol–water partition coefficient (Wildman–Crippen LogP) is 3.42. The van der Waals surface area contributed by atoms with Crippen molar-refractivity contribution < 1.29 is 17.2 Å². The van der Waals surface area contributed by atoms with Gasteiger partial charge in [-0.25, -0.2) is 22.2 Å². The molecule has 5 nitrogen and oxygen atoms in total. The van der Waals surface area contributed by atoms with E-state index in [-0.39, 0.29) is 0 Å². The molecule has 26 heavy (non-hydrogen) atoms. The molecule has 136 valence electrons. The Morgan fingerprint density at radius 1 is 1.15 bits per heavy atom. The van der Waals surface area contributed by atoms with Crippen molar-refractivity contribution in [3.63, 3.8) is 0 Å². The van der Waals surface area contributed by atoms with Gasteiger partial charge in [0.2, 0.25) is 10.0 Å². The topological polar surface area (TPSA) is 64.0 Å². The minimum atomic E-state index is -4.29. The van der Waals surface area contributed by atoms with Crippen molar-refractivity contribution in [3.8, 4) is 0 Å². The van der Waals surface area contributed by atoms with E-state index in [4.69, 9.17) is 11.6 Å². The number of halogens is 3. The SMILES string of the molecule is Cn1ccnc1C(NS(=O)(=O)c1ccc(F)cc1F)c1ccc(Cl)cc1. The molecule has 1 atom stereocenters. The molecule has 9 heteroatoms. The number of benzene rings is 2. The minimum absolute atomic E-state index is 0.401. The van der Waals surface area contributed by atoms with Gasteiger partial charge in [-0.3, -0.25) is 0 Å². The Kier molecular flexibility index (Phi) is 5.08. The summed E-state index contributed by atoms with van der Waals surface area (Å²) >= 11 is 5.89. The van der Waals surface area contributed by atoms with E-state index >= 15 is 0 Å². The van der Waals surface area contributed by atoms with Gasteiger partial charge in [0.15, 0.2) is 0 Å². The maximum atomic E-state index is 14.0. The van der Waals surface area contributed by atoms with E-state index in [0.29, 0.717) is 22.5 Å². The maximum absolute atomic E-state index is 14.0. The van der Waals surface area contributed by atoms with Crippen LogP contribution < -0.4 is 4.72 Å². The van der Waals surface area contributed by atoms with Gasteiger partial charge in [0, 0.05) is 30.5 Å². The molecule has 1 heterocycles. The van der Waals surface area contributed by atoms with E-state index in [2.05, 4.69) is 9.71 Å². The van der Waals surface area contributed by atoms with Gasteiger partial charge in [-0.1, -0.05) is 23.7 Å². The number of aromatic nitrogens is 2. The fourth-order valence-corrected chi connectivity index (χ4v) is 3.86. The summed E-state index contributed by atoms with van der Waals surface area (Å²) in [4.78, 5) is 3.53. The Balaban J connectivity index is 2.05. The van der Waals surface area contributed by atoms with E-state index in [1.54, 1.807) is 42.1 Å². The van der Waals surface area contributed by atoms with Crippen LogP contribution >= 0.6 is 11.6 Å². The van der Waals surface area contributed by atoms with Crippen LogP contribution in [0.25, 0.3) is 0 Å². The molecule has 0 aliphatic rings. The van der Waals surface area contributed by atoms with E-state index in [1.165, 1.54) is 6.20 Å². The third kappa shape index (κ3) is 3.77. The van der Waals surface area contributed by atoms with Crippen molar-refractivity contribution >= 4 is 21.6 Å². The summed E-state index contributed by atoms with van der Waals surface area (Å²) in [7, 11) is -2.58. The Bertz CT molecular complexity index is 1040. The minimum Gasteiger partial charge on any atom is -0.336 e. The first-order valence-corrected chi connectivity index (χ1v) is 9.34. The Morgan fingerprint density at radius 2 is 1.85 bits per heavy atom. The highest BCUT2D eigenvalue weighted by atomic mass is 35.5. The number of nitrogens with one attached hydrogen (secondary N) is 1. The second kappa shape index (κ2) is 7.14. The van der Waals surface area contributed by atoms with Crippen LogP contribution in [0, 0.1) is 11.6 Å². The van der Waals surface area contributed by atoms with Crippen LogP contribution in [0.2, 0.25) is 5.02 Å². The average molecular weight is 398 g/mol. The molecule has 0 fully saturated rings. The summed E-state index contributed by atoms with van der Waals surface area (Å²) in [5.41, 5.74) is 0.565. The quantitative estimate of drug-likeness (QED) is 0.717. The molecule has 2 aromatic carbocycles. The van der Waals surface area contributed by atoms with Crippen molar-refractivity contribution in [3.05, 3.63) is 82.9 Å². The summed E-state index contributed by atoms with van der Waals surface area (Å²) in [6.07, 6.45) is 3.18. The van der Waals surface area contributed by atoms with Crippen LogP contribution in [0.15, 0.2) is 59.8 Å². The van der Waals surface area contributed by atoms with Gasteiger partial charge in [0.05, 0.1) is 0 Å². The first-order chi connectivity index (χ1) is 12.3. The lowest BCUT2D eigenvalue weighted by atomic mass is 10.1. The van der Waals surface area contributed by atoms with E-state index in [0.717, 1.165) is 12.1 Å². The lowest BCUT2D eigenvalue weighted by Gasteiger charge is -2.19. The number of sulfonamides is 1. The third-order valence-electron chi connectivity index (χ3n) is 3.78. The Labute approximate surface area is 154 Å². The van der Waals surface area contributed by atoms with Crippen LogP contribution in [0.1, 0.15) is 17.4 Å². The third-order valence-corrected chi connectivity index (χ3v) is 5.48. The number of aryl methyl sites for hydroxylation is 1. The standard InChI is InChI=1S/C17H14ClF2N3O2S/c1-23-9-8-21-17(23)16(11-2-4-12(18)5-3-11)22-26(24,25)15-7-6-13(19)10-14(15)20/h2-10,16,22H,1H3. The first kappa shape index (κ1) is 18.5. The van der Waals surface area contributed by atoms with Gasteiger partial charge in [-0.05, 0) is 29.8 Å². The van der Waals surface area contributed by atoms with Crippen LogP contribution in [0.5, 0.6) is 0 Å². The molecule has 1 N–H and O–H groups in total. The van der Waals surface area contributed by atoms with E-state index in [9.17, 15) is 17.2 Å². The Hall–Kier alpha value is -2.29. The molecular formula is C17H14ClF2N3O2S. The van der Waals surface area contributed by atoms with Crippen molar-refractivity contribution in [1.82, 2.24) is 14.3 Å². The van der Waals surface area contributed by atoms with Crippen LogP contribution in [0.3, 0.4) is 0 Å². The van der Waals surface area contributed by atoms with Crippen LogP contribution in [-0.2, 0) is 17.1 Å². The largest absolute Gasteiger partial charge is 0.336 e. The van der Waals surface area contributed by atoms with Gasteiger partial charge in [0.1, 0.15) is 28.4 Å². The number of nitrogens with zero attached hydrogens (tertiary/aromatic N) is 2. The van der Waals surface area contributed by atoms with E-state index in [1.807, 2.05) is 0 Å². The van der Waals surface area contributed by atoms with Gasteiger partial charge in [-0.15, -0.1) is 0 Å². The van der Waals surface area contributed by atoms with Crippen molar-refractivity contribution in [2.75, 3.05) is 0 Å². The van der Waals surface area contributed by atoms with Gasteiger partial charge >= 0.3 is 0 Å². The molecule has 0 aliphatic heterocycles. The summed E-state index contributed by atoms with van der Waals surface area (Å²) < 4.78 is 56.5.